The number of aryl methyl sites for hydroxylation is 1. The number of aliphatic hydroxyl groups excluding tert-OH is 1. The van der Waals surface area contributed by atoms with E-state index in [2.05, 4.69) is 4.98 Å². The molecule has 0 amide bonds. The van der Waals surface area contributed by atoms with E-state index in [0.717, 1.165) is 16.8 Å². The molecule has 0 saturated heterocycles. The lowest BCUT2D eigenvalue weighted by molar-refractivity contribution is 0.262. The predicted octanol–water partition coefficient (Wildman–Crippen LogP) is 0.574. The molecule has 0 aliphatic heterocycles. The van der Waals surface area contributed by atoms with Gasteiger partial charge in [-0.3, -0.25) is 0 Å². The summed E-state index contributed by atoms with van der Waals surface area (Å²) < 4.78 is 7.01. The van der Waals surface area contributed by atoms with Crippen molar-refractivity contribution in [3.63, 3.8) is 0 Å². The molecular weight excluding hydrogens is 206 g/mol. The van der Waals surface area contributed by atoms with Crippen LogP contribution in [0.25, 0.3) is 11.0 Å². The van der Waals surface area contributed by atoms with Crippen molar-refractivity contribution >= 4 is 11.0 Å². The lowest BCUT2D eigenvalue weighted by Gasteiger charge is -2.07. The molecule has 1 aromatic carbocycles. The molecule has 2 aromatic rings. The van der Waals surface area contributed by atoms with Gasteiger partial charge in [0.05, 0.1) is 30.8 Å². The fraction of sp³-hybridized carbons (Fsp3) is 0.364. The van der Waals surface area contributed by atoms with Crippen LogP contribution in [0.5, 0.6) is 5.75 Å². The van der Waals surface area contributed by atoms with Crippen LogP contribution in [0, 0.1) is 0 Å². The summed E-state index contributed by atoms with van der Waals surface area (Å²) in [6.07, 6.45) is 0. The molecule has 86 valence electrons. The Morgan fingerprint density at radius 2 is 2.31 bits per heavy atom. The first-order valence-corrected chi connectivity index (χ1v) is 5.04. The molecule has 0 radical (unpaired) electrons. The Balaban J connectivity index is 2.58. The third-order valence-electron chi connectivity index (χ3n) is 2.65. The Morgan fingerprint density at radius 3 is 2.94 bits per heavy atom. The number of hydrogen-bond acceptors (Lipinski definition) is 4. The van der Waals surface area contributed by atoms with Crippen LogP contribution in [0.2, 0.25) is 0 Å². The minimum atomic E-state index is -0.455. The van der Waals surface area contributed by atoms with Crippen molar-refractivity contribution in [3.05, 3.63) is 24.0 Å². The van der Waals surface area contributed by atoms with E-state index in [1.165, 1.54) is 0 Å². The van der Waals surface area contributed by atoms with Gasteiger partial charge in [0.2, 0.25) is 0 Å². The van der Waals surface area contributed by atoms with Gasteiger partial charge in [0.1, 0.15) is 11.6 Å². The second kappa shape index (κ2) is 4.11. The summed E-state index contributed by atoms with van der Waals surface area (Å²) in [7, 11) is 3.50. The normalized spacial score (nSPS) is 13.0. The van der Waals surface area contributed by atoms with E-state index in [9.17, 15) is 0 Å². The summed E-state index contributed by atoms with van der Waals surface area (Å²) in [6.45, 7) is -0.117. The van der Waals surface area contributed by atoms with Crippen LogP contribution in [-0.4, -0.2) is 28.4 Å². The Bertz CT molecular complexity index is 507. The predicted molar refractivity (Wildman–Crippen MR) is 61.3 cm³/mol. The Kier molecular flexibility index (Phi) is 2.80. The summed E-state index contributed by atoms with van der Waals surface area (Å²) >= 11 is 0. The van der Waals surface area contributed by atoms with Crippen molar-refractivity contribution in [2.75, 3.05) is 13.7 Å². The van der Waals surface area contributed by atoms with Crippen molar-refractivity contribution in [2.24, 2.45) is 12.8 Å². The highest BCUT2D eigenvalue weighted by atomic mass is 16.5. The molecule has 0 saturated carbocycles. The number of imidazole rings is 1. The van der Waals surface area contributed by atoms with Gasteiger partial charge in [-0.15, -0.1) is 0 Å². The van der Waals surface area contributed by atoms with Crippen LogP contribution in [0.1, 0.15) is 11.9 Å². The molecule has 16 heavy (non-hydrogen) atoms. The van der Waals surface area contributed by atoms with Crippen molar-refractivity contribution in [2.45, 2.75) is 6.04 Å². The van der Waals surface area contributed by atoms with Gasteiger partial charge >= 0.3 is 0 Å². The van der Waals surface area contributed by atoms with Crippen molar-refractivity contribution in [1.29, 1.82) is 0 Å². The van der Waals surface area contributed by atoms with Crippen LogP contribution < -0.4 is 10.5 Å². The third kappa shape index (κ3) is 1.64. The van der Waals surface area contributed by atoms with Gasteiger partial charge in [-0.25, -0.2) is 4.98 Å². The highest BCUT2D eigenvalue weighted by molar-refractivity contribution is 5.77. The number of fused-ring (bicyclic) bond motifs is 1. The average Bonchev–Trinajstić information content (AvgIpc) is 2.65. The van der Waals surface area contributed by atoms with Gasteiger partial charge in [0.15, 0.2) is 0 Å². The minimum Gasteiger partial charge on any atom is -0.497 e. The number of methoxy groups -OCH3 is 1. The van der Waals surface area contributed by atoms with Crippen LogP contribution >= 0.6 is 0 Å². The molecule has 1 heterocycles. The number of aliphatic hydroxyl groups is 1. The number of nitrogens with zero attached hydrogens (tertiary/aromatic N) is 2. The van der Waals surface area contributed by atoms with Gasteiger partial charge in [0.25, 0.3) is 0 Å². The number of aromatic nitrogens is 2. The fourth-order valence-electron chi connectivity index (χ4n) is 1.74. The summed E-state index contributed by atoms with van der Waals surface area (Å²) in [5.41, 5.74) is 7.56. The van der Waals surface area contributed by atoms with E-state index < -0.39 is 6.04 Å². The Hall–Kier alpha value is -1.59. The lowest BCUT2D eigenvalue weighted by Crippen LogP contribution is -2.18. The monoisotopic (exact) mass is 221 g/mol. The van der Waals surface area contributed by atoms with Crippen LogP contribution in [0.3, 0.4) is 0 Å². The second-order valence-corrected chi connectivity index (χ2v) is 3.67. The van der Waals surface area contributed by atoms with Crippen molar-refractivity contribution in [1.82, 2.24) is 9.55 Å². The third-order valence-corrected chi connectivity index (χ3v) is 2.65. The first-order chi connectivity index (χ1) is 7.67. The molecule has 5 nitrogen and oxygen atoms in total. The molecule has 0 spiro atoms. The number of rotatable bonds is 3. The van der Waals surface area contributed by atoms with Crippen LogP contribution in [0.15, 0.2) is 18.2 Å². The van der Waals surface area contributed by atoms with Crippen LogP contribution in [0.4, 0.5) is 0 Å². The maximum atomic E-state index is 9.04. The molecule has 0 aliphatic rings. The molecule has 1 atom stereocenters. The molecule has 1 aromatic heterocycles. The molecule has 1 unspecified atom stereocenters. The van der Waals surface area contributed by atoms with Gasteiger partial charge in [-0.1, -0.05) is 0 Å². The Morgan fingerprint density at radius 1 is 1.56 bits per heavy atom. The zero-order valence-corrected chi connectivity index (χ0v) is 9.34. The Labute approximate surface area is 93.5 Å². The minimum absolute atomic E-state index is 0.117. The maximum absolute atomic E-state index is 9.04. The van der Waals surface area contributed by atoms with Gasteiger partial charge in [-0.05, 0) is 12.1 Å². The van der Waals surface area contributed by atoms with E-state index in [-0.39, 0.29) is 6.61 Å². The molecular formula is C11H15N3O2. The number of ether oxygens (including phenoxy) is 1. The first-order valence-electron chi connectivity index (χ1n) is 5.04. The topological polar surface area (TPSA) is 73.3 Å². The van der Waals surface area contributed by atoms with Gasteiger partial charge in [-0.2, -0.15) is 0 Å². The average molecular weight is 221 g/mol. The summed E-state index contributed by atoms with van der Waals surface area (Å²) in [6, 6.07) is 5.19. The van der Waals surface area contributed by atoms with E-state index in [0.29, 0.717) is 5.82 Å². The fourth-order valence-corrected chi connectivity index (χ4v) is 1.74. The molecule has 0 bridgehead atoms. The molecule has 3 N–H and O–H groups in total. The van der Waals surface area contributed by atoms with Crippen LogP contribution in [-0.2, 0) is 7.05 Å². The quantitative estimate of drug-likeness (QED) is 0.795. The second-order valence-electron chi connectivity index (χ2n) is 3.67. The summed E-state index contributed by atoms with van der Waals surface area (Å²) in [4.78, 5) is 4.39. The number of nitrogens with two attached hydrogens (primary N) is 1. The van der Waals surface area contributed by atoms with Gasteiger partial charge < -0.3 is 20.1 Å². The highest BCUT2D eigenvalue weighted by Crippen LogP contribution is 2.22. The standard InChI is InChI=1S/C11H15N3O2/c1-14-10-4-3-7(16-2)5-9(10)13-11(14)8(12)6-15/h3-5,8,15H,6,12H2,1-2H3. The number of hydrogen-bond donors (Lipinski definition) is 2. The molecule has 2 rings (SSSR count). The smallest absolute Gasteiger partial charge is 0.128 e. The van der Waals surface area contributed by atoms with E-state index >= 15 is 0 Å². The molecule has 5 heteroatoms. The lowest BCUT2D eigenvalue weighted by atomic mass is 10.3. The van der Waals surface area contributed by atoms with E-state index in [1.807, 2.05) is 29.8 Å². The SMILES string of the molecule is COc1ccc2c(c1)nc(C(N)CO)n2C. The van der Waals surface area contributed by atoms with Crippen molar-refractivity contribution in [3.8, 4) is 5.75 Å². The summed E-state index contributed by atoms with van der Waals surface area (Å²) in [5.74, 6) is 1.43. The zero-order valence-electron chi connectivity index (χ0n) is 9.34. The molecule has 0 fully saturated rings. The number of benzene rings is 1. The zero-order chi connectivity index (χ0) is 11.7. The van der Waals surface area contributed by atoms with Crippen molar-refractivity contribution < 1.29 is 9.84 Å². The molecule has 0 aliphatic carbocycles. The largest absolute Gasteiger partial charge is 0.497 e. The maximum Gasteiger partial charge on any atom is 0.128 e. The summed E-state index contributed by atoms with van der Waals surface area (Å²) in [5, 5.41) is 9.04. The van der Waals surface area contributed by atoms with E-state index in [1.54, 1.807) is 7.11 Å². The van der Waals surface area contributed by atoms with E-state index in [4.69, 9.17) is 15.6 Å². The first kappa shape index (κ1) is 10.9. The van der Waals surface area contributed by atoms with Gasteiger partial charge in [0, 0.05) is 13.1 Å². The highest BCUT2D eigenvalue weighted by Gasteiger charge is 2.14.